The van der Waals surface area contributed by atoms with Crippen molar-refractivity contribution in [3.8, 4) is 0 Å². The van der Waals surface area contributed by atoms with Gasteiger partial charge >= 0.3 is 0 Å². The van der Waals surface area contributed by atoms with E-state index in [9.17, 15) is 4.79 Å². The Labute approximate surface area is 145 Å². The van der Waals surface area contributed by atoms with Crippen molar-refractivity contribution in [2.75, 3.05) is 13.7 Å². The summed E-state index contributed by atoms with van der Waals surface area (Å²) in [4.78, 5) is 15.0. The van der Waals surface area contributed by atoms with Gasteiger partial charge < -0.3 is 15.4 Å². The van der Waals surface area contributed by atoms with Gasteiger partial charge in [-0.3, -0.25) is 4.79 Å². The zero-order valence-electron chi connectivity index (χ0n) is 15.3. The molecule has 4 nitrogen and oxygen atoms in total. The minimum atomic E-state index is -0.823. The van der Waals surface area contributed by atoms with Gasteiger partial charge in [-0.05, 0) is 30.4 Å². The fraction of sp³-hybridized carbons (Fsp3) is 0.650. The Kier molecular flexibility index (Phi) is 4.47. The quantitative estimate of drug-likeness (QED) is 0.923. The average Bonchev–Trinajstić information content (AvgIpc) is 2.60. The zero-order chi connectivity index (χ0) is 17.5. The molecule has 1 saturated heterocycles. The average molecular weight is 330 g/mol. The van der Waals surface area contributed by atoms with E-state index < -0.39 is 5.54 Å². The molecular formula is C20H30N2O2. The number of aryl methyl sites for hydroxylation is 1. The number of likely N-dealkylation sites (N-methyl/N-ethyl adjacent to an activating group) is 1. The van der Waals surface area contributed by atoms with Crippen LogP contribution < -0.4 is 5.73 Å². The molecule has 4 heteroatoms. The summed E-state index contributed by atoms with van der Waals surface area (Å²) >= 11 is 0. The standard InChI is InChI=1S/C20H30N2O2/c1-5-14-8-10-15(11-9-14)13-22(4)18(23)20(21)16-7-6-12-24-17(16)19(20,2)3/h8-11,16-17H,5-7,12-13,21H2,1-4H3. The predicted octanol–water partition coefficient (Wildman–Crippen LogP) is 2.74. The smallest absolute Gasteiger partial charge is 0.243 e. The highest BCUT2D eigenvalue weighted by molar-refractivity contribution is 5.89. The molecule has 1 aromatic rings. The number of ether oxygens (including phenoxy) is 1. The highest BCUT2D eigenvalue weighted by Crippen LogP contribution is 2.57. The number of hydrogen-bond acceptors (Lipinski definition) is 3. The van der Waals surface area contributed by atoms with Crippen molar-refractivity contribution in [1.82, 2.24) is 4.90 Å². The van der Waals surface area contributed by atoms with Crippen molar-refractivity contribution in [3.05, 3.63) is 35.4 Å². The van der Waals surface area contributed by atoms with Crippen LogP contribution in [0.3, 0.4) is 0 Å². The summed E-state index contributed by atoms with van der Waals surface area (Å²) in [6, 6.07) is 8.46. The van der Waals surface area contributed by atoms with Crippen LogP contribution >= 0.6 is 0 Å². The largest absolute Gasteiger partial charge is 0.377 e. The molecule has 0 radical (unpaired) electrons. The topological polar surface area (TPSA) is 55.6 Å². The van der Waals surface area contributed by atoms with Crippen molar-refractivity contribution in [3.63, 3.8) is 0 Å². The van der Waals surface area contributed by atoms with Crippen molar-refractivity contribution >= 4 is 5.91 Å². The van der Waals surface area contributed by atoms with Gasteiger partial charge in [0.1, 0.15) is 5.54 Å². The molecular weight excluding hydrogens is 300 g/mol. The summed E-state index contributed by atoms with van der Waals surface area (Å²) < 4.78 is 5.91. The van der Waals surface area contributed by atoms with Crippen molar-refractivity contribution in [2.24, 2.45) is 17.1 Å². The number of fused-ring (bicyclic) bond motifs is 1. The third-order valence-corrected chi connectivity index (χ3v) is 6.24. The first-order valence-electron chi connectivity index (χ1n) is 9.06. The second kappa shape index (κ2) is 6.16. The SMILES string of the molecule is CCc1ccc(CN(C)C(=O)C2(N)C3CCCOC3C2(C)C)cc1. The van der Waals surface area contributed by atoms with Crippen LogP contribution in [0.2, 0.25) is 0 Å². The van der Waals surface area contributed by atoms with E-state index in [0.29, 0.717) is 6.54 Å². The lowest BCUT2D eigenvalue weighted by Crippen LogP contribution is -2.82. The van der Waals surface area contributed by atoms with Crippen LogP contribution in [0.25, 0.3) is 0 Å². The van der Waals surface area contributed by atoms with E-state index in [1.807, 2.05) is 7.05 Å². The molecule has 3 atom stereocenters. The number of hydrogen-bond donors (Lipinski definition) is 1. The number of carbonyl (C=O) groups excluding carboxylic acids is 1. The summed E-state index contributed by atoms with van der Waals surface area (Å²) in [5, 5.41) is 0. The third kappa shape index (κ3) is 2.47. The molecule has 1 saturated carbocycles. The van der Waals surface area contributed by atoms with Gasteiger partial charge in [-0.2, -0.15) is 0 Å². The fourth-order valence-electron chi connectivity index (χ4n) is 4.55. The lowest BCUT2D eigenvalue weighted by Gasteiger charge is -2.65. The molecule has 0 bridgehead atoms. The number of amides is 1. The van der Waals surface area contributed by atoms with E-state index in [1.54, 1.807) is 4.90 Å². The maximum Gasteiger partial charge on any atom is 0.243 e. The van der Waals surface area contributed by atoms with E-state index >= 15 is 0 Å². The van der Waals surface area contributed by atoms with Crippen molar-refractivity contribution < 1.29 is 9.53 Å². The molecule has 1 aromatic carbocycles. The van der Waals surface area contributed by atoms with E-state index in [1.165, 1.54) is 5.56 Å². The van der Waals surface area contributed by atoms with Crippen LogP contribution in [0.1, 0.15) is 44.7 Å². The van der Waals surface area contributed by atoms with Crippen LogP contribution in [0.5, 0.6) is 0 Å². The van der Waals surface area contributed by atoms with Crippen molar-refractivity contribution in [1.29, 1.82) is 0 Å². The maximum absolute atomic E-state index is 13.2. The zero-order valence-corrected chi connectivity index (χ0v) is 15.3. The summed E-state index contributed by atoms with van der Waals surface area (Å²) in [5.41, 5.74) is 8.01. The number of nitrogens with two attached hydrogens (primary N) is 1. The Bertz CT molecular complexity index is 611. The number of benzene rings is 1. The van der Waals surface area contributed by atoms with Gasteiger partial charge in [-0.25, -0.2) is 0 Å². The lowest BCUT2D eigenvalue weighted by molar-refractivity contribution is -0.229. The second-order valence-corrected chi connectivity index (χ2v) is 7.96. The molecule has 2 aliphatic rings. The fourth-order valence-corrected chi connectivity index (χ4v) is 4.55. The van der Waals surface area contributed by atoms with Crippen LogP contribution in [0.15, 0.2) is 24.3 Å². The van der Waals surface area contributed by atoms with Crippen LogP contribution in [0.4, 0.5) is 0 Å². The number of carbonyl (C=O) groups is 1. The minimum Gasteiger partial charge on any atom is -0.377 e. The third-order valence-electron chi connectivity index (χ3n) is 6.24. The molecule has 1 heterocycles. The van der Waals surface area contributed by atoms with Crippen molar-refractivity contribution in [2.45, 2.75) is 58.2 Å². The van der Waals surface area contributed by atoms with Crippen LogP contribution in [0, 0.1) is 11.3 Å². The Morgan fingerprint density at radius 2 is 1.92 bits per heavy atom. The van der Waals surface area contributed by atoms with Gasteiger partial charge in [0.15, 0.2) is 0 Å². The molecule has 132 valence electrons. The second-order valence-electron chi connectivity index (χ2n) is 7.96. The molecule has 24 heavy (non-hydrogen) atoms. The molecule has 3 unspecified atom stereocenters. The summed E-state index contributed by atoms with van der Waals surface area (Å²) in [6.45, 7) is 7.66. The Balaban J connectivity index is 1.74. The van der Waals surface area contributed by atoms with Gasteiger partial charge in [0.05, 0.1) is 6.10 Å². The highest BCUT2D eigenvalue weighted by Gasteiger charge is 2.70. The first kappa shape index (κ1) is 17.4. The van der Waals surface area contributed by atoms with Gasteiger partial charge in [-0.15, -0.1) is 0 Å². The summed E-state index contributed by atoms with van der Waals surface area (Å²) in [7, 11) is 1.86. The maximum atomic E-state index is 13.2. The van der Waals surface area contributed by atoms with Gasteiger partial charge in [-0.1, -0.05) is 45.0 Å². The Morgan fingerprint density at radius 3 is 2.54 bits per heavy atom. The minimum absolute atomic E-state index is 0.0406. The van der Waals surface area contributed by atoms with Crippen LogP contribution in [-0.4, -0.2) is 36.1 Å². The lowest BCUT2D eigenvalue weighted by atomic mass is 9.46. The van der Waals surface area contributed by atoms with Gasteiger partial charge in [0.25, 0.3) is 0 Å². The first-order chi connectivity index (χ1) is 11.3. The number of rotatable bonds is 4. The first-order valence-corrected chi connectivity index (χ1v) is 9.06. The molecule has 1 aliphatic heterocycles. The predicted molar refractivity (Wildman–Crippen MR) is 95.5 cm³/mol. The van der Waals surface area contributed by atoms with Crippen LogP contribution in [-0.2, 0) is 22.5 Å². The Hall–Kier alpha value is -1.39. The molecule has 2 fully saturated rings. The summed E-state index contributed by atoms with van der Waals surface area (Å²) in [5.74, 6) is 0.178. The number of nitrogens with zero attached hydrogens (tertiary/aromatic N) is 1. The van der Waals surface area contributed by atoms with E-state index in [4.69, 9.17) is 10.5 Å². The highest BCUT2D eigenvalue weighted by atomic mass is 16.5. The monoisotopic (exact) mass is 330 g/mol. The molecule has 0 spiro atoms. The molecule has 0 aromatic heterocycles. The molecule has 1 amide bonds. The van der Waals surface area contributed by atoms with E-state index in [2.05, 4.69) is 45.0 Å². The van der Waals surface area contributed by atoms with E-state index in [0.717, 1.165) is 31.4 Å². The molecule has 1 aliphatic carbocycles. The van der Waals surface area contributed by atoms with Gasteiger partial charge in [0, 0.05) is 31.5 Å². The van der Waals surface area contributed by atoms with Gasteiger partial charge in [0.2, 0.25) is 5.91 Å². The Morgan fingerprint density at radius 1 is 1.29 bits per heavy atom. The molecule has 2 N–H and O–H groups in total. The molecule has 3 rings (SSSR count). The van der Waals surface area contributed by atoms with E-state index in [-0.39, 0.29) is 23.3 Å². The summed E-state index contributed by atoms with van der Waals surface area (Å²) in [6.07, 6.45) is 3.11. The normalized spacial score (nSPS) is 31.0.